The molecule has 1 atom stereocenters. The predicted molar refractivity (Wildman–Crippen MR) is 84.3 cm³/mol. The third kappa shape index (κ3) is 5.82. The van der Waals surface area contributed by atoms with Gasteiger partial charge < -0.3 is 19.6 Å². The summed E-state index contributed by atoms with van der Waals surface area (Å²) in [5.41, 5.74) is -1.06. The number of rotatable bonds is 4. The third-order valence-electron chi connectivity index (χ3n) is 3.81. The first-order valence-corrected chi connectivity index (χ1v) is 7.79. The summed E-state index contributed by atoms with van der Waals surface area (Å²) < 4.78 is 5.36. The van der Waals surface area contributed by atoms with Gasteiger partial charge in [0.15, 0.2) is 0 Å². The second kappa shape index (κ2) is 7.30. The van der Waals surface area contributed by atoms with Crippen LogP contribution in [0.2, 0.25) is 0 Å². The Balaban J connectivity index is 2.57. The van der Waals surface area contributed by atoms with Crippen LogP contribution in [0.3, 0.4) is 0 Å². The third-order valence-corrected chi connectivity index (χ3v) is 3.81. The molecule has 0 radical (unpaired) electrons. The molecular weight excluding hydrogens is 282 g/mol. The van der Waals surface area contributed by atoms with Gasteiger partial charge >= 0.3 is 6.09 Å². The van der Waals surface area contributed by atoms with Gasteiger partial charge in [-0.3, -0.25) is 0 Å². The maximum atomic E-state index is 12.0. The van der Waals surface area contributed by atoms with Crippen molar-refractivity contribution in [1.29, 1.82) is 5.26 Å². The van der Waals surface area contributed by atoms with Crippen LogP contribution in [0.5, 0.6) is 0 Å². The van der Waals surface area contributed by atoms with E-state index in [2.05, 4.69) is 6.07 Å². The number of carbonyl (C=O) groups is 1. The lowest BCUT2D eigenvalue weighted by molar-refractivity contribution is 0.00890. The number of nitriles is 1. The lowest BCUT2D eigenvalue weighted by Crippen LogP contribution is -2.46. The van der Waals surface area contributed by atoms with Crippen LogP contribution < -0.4 is 0 Å². The first kappa shape index (κ1) is 18.7. The molecule has 1 N–H and O–H groups in total. The molecule has 1 saturated heterocycles. The Morgan fingerprint density at radius 2 is 1.95 bits per heavy atom. The fourth-order valence-electron chi connectivity index (χ4n) is 2.74. The van der Waals surface area contributed by atoms with Gasteiger partial charge in [-0.1, -0.05) is 0 Å². The number of hydrogen-bond donors (Lipinski definition) is 1. The van der Waals surface area contributed by atoms with E-state index in [-0.39, 0.29) is 6.09 Å². The fraction of sp³-hybridized carbons (Fsp3) is 0.875. The molecule has 0 saturated carbocycles. The van der Waals surface area contributed by atoms with Crippen LogP contribution in [0.15, 0.2) is 0 Å². The smallest absolute Gasteiger partial charge is 0.410 e. The van der Waals surface area contributed by atoms with Gasteiger partial charge in [0, 0.05) is 19.6 Å². The zero-order valence-corrected chi connectivity index (χ0v) is 14.4. The molecule has 0 bridgehead atoms. The van der Waals surface area contributed by atoms with E-state index < -0.39 is 17.1 Å². The van der Waals surface area contributed by atoms with Crippen molar-refractivity contribution < 1.29 is 14.6 Å². The summed E-state index contributed by atoms with van der Waals surface area (Å²) in [5, 5.41) is 19.6. The molecule has 1 aliphatic rings. The van der Waals surface area contributed by atoms with Crippen molar-refractivity contribution in [1.82, 2.24) is 9.80 Å². The van der Waals surface area contributed by atoms with Gasteiger partial charge in [0.25, 0.3) is 0 Å². The summed E-state index contributed by atoms with van der Waals surface area (Å²) in [6.07, 6.45) is 0.750. The SMILES string of the molecule is CN(C)C[C@@H](O)CC1(C#N)CCN(C(=O)OC(C)(C)C)CC1. The zero-order valence-electron chi connectivity index (χ0n) is 14.4. The Labute approximate surface area is 133 Å². The summed E-state index contributed by atoms with van der Waals surface area (Å²) in [4.78, 5) is 15.6. The molecule has 0 aliphatic carbocycles. The predicted octanol–water partition coefficient (Wildman–Crippen LogP) is 1.84. The molecule has 6 heteroatoms. The normalized spacial score (nSPS) is 19.6. The number of hydrogen-bond acceptors (Lipinski definition) is 5. The van der Waals surface area contributed by atoms with E-state index in [4.69, 9.17) is 4.74 Å². The van der Waals surface area contributed by atoms with Crippen molar-refractivity contribution in [3.8, 4) is 6.07 Å². The van der Waals surface area contributed by atoms with Crippen LogP contribution in [0.1, 0.15) is 40.0 Å². The van der Waals surface area contributed by atoms with E-state index in [1.165, 1.54) is 0 Å². The number of aliphatic hydroxyl groups excluding tert-OH is 1. The molecule has 0 aromatic heterocycles. The van der Waals surface area contributed by atoms with Crippen LogP contribution in [0.4, 0.5) is 4.79 Å². The van der Waals surface area contributed by atoms with Gasteiger partial charge in [0.05, 0.1) is 17.6 Å². The molecule has 6 nitrogen and oxygen atoms in total. The Bertz CT molecular complexity index is 415. The molecule has 1 aliphatic heterocycles. The molecule has 1 fully saturated rings. The quantitative estimate of drug-likeness (QED) is 0.857. The molecule has 1 amide bonds. The Kier molecular flexibility index (Phi) is 6.21. The standard InChI is InChI=1S/C16H29N3O3/c1-15(2,3)22-14(21)19-8-6-16(12-17,7-9-19)10-13(20)11-18(4)5/h13,20H,6-11H2,1-5H3/t13-/m0/s1. The first-order valence-electron chi connectivity index (χ1n) is 7.79. The van der Waals surface area contributed by atoms with E-state index in [9.17, 15) is 15.2 Å². The molecular formula is C16H29N3O3. The second-order valence-corrected chi connectivity index (χ2v) is 7.48. The monoisotopic (exact) mass is 311 g/mol. The maximum Gasteiger partial charge on any atom is 0.410 e. The molecule has 1 heterocycles. The molecule has 0 aromatic rings. The average Bonchev–Trinajstić information content (AvgIpc) is 2.36. The number of piperidine rings is 1. The number of carbonyl (C=O) groups excluding carboxylic acids is 1. The van der Waals surface area contributed by atoms with Gasteiger partial charge in [0.2, 0.25) is 0 Å². The number of ether oxygens (including phenoxy) is 1. The van der Waals surface area contributed by atoms with Gasteiger partial charge in [-0.05, 0) is 54.1 Å². The first-order chi connectivity index (χ1) is 10.1. The minimum Gasteiger partial charge on any atom is -0.444 e. The van der Waals surface area contributed by atoms with Gasteiger partial charge in [-0.2, -0.15) is 5.26 Å². The highest BCUT2D eigenvalue weighted by Gasteiger charge is 2.38. The zero-order chi connectivity index (χ0) is 17.0. The number of amides is 1. The Morgan fingerprint density at radius 1 is 1.41 bits per heavy atom. The van der Waals surface area contributed by atoms with E-state index >= 15 is 0 Å². The van der Waals surface area contributed by atoms with Crippen molar-refractivity contribution in [2.45, 2.75) is 51.7 Å². The highest BCUT2D eigenvalue weighted by molar-refractivity contribution is 5.68. The van der Waals surface area contributed by atoms with E-state index in [1.807, 2.05) is 39.8 Å². The lowest BCUT2D eigenvalue weighted by atomic mass is 9.75. The Hall–Kier alpha value is -1.32. The van der Waals surface area contributed by atoms with E-state index in [0.29, 0.717) is 38.9 Å². The van der Waals surface area contributed by atoms with Gasteiger partial charge in [-0.15, -0.1) is 0 Å². The van der Waals surface area contributed by atoms with Crippen molar-refractivity contribution in [2.24, 2.45) is 5.41 Å². The molecule has 126 valence electrons. The largest absolute Gasteiger partial charge is 0.444 e. The van der Waals surface area contributed by atoms with Crippen molar-refractivity contribution in [3.63, 3.8) is 0 Å². The lowest BCUT2D eigenvalue weighted by Gasteiger charge is -2.38. The topological polar surface area (TPSA) is 76.8 Å². The van der Waals surface area contributed by atoms with E-state index in [0.717, 1.165) is 0 Å². The van der Waals surface area contributed by atoms with Crippen molar-refractivity contribution >= 4 is 6.09 Å². The second-order valence-electron chi connectivity index (χ2n) is 7.48. The average molecular weight is 311 g/mol. The van der Waals surface area contributed by atoms with Crippen LogP contribution in [0, 0.1) is 16.7 Å². The van der Waals surface area contributed by atoms with Gasteiger partial charge in [0.1, 0.15) is 5.60 Å². The summed E-state index contributed by atoms with van der Waals surface area (Å²) in [7, 11) is 3.79. The maximum absolute atomic E-state index is 12.0. The summed E-state index contributed by atoms with van der Waals surface area (Å²) >= 11 is 0. The highest BCUT2D eigenvalue weighted by atomic mass is 16.6. The van der Waals surface area contributed by atoms with Crippen LogP contribution in [-0.4, -0.2) is 66.4 Å². The number of likely N-dealkylation sites (N-methyl/N-ethyl adjacent to an activating group) is 1. The highest BCUT2D eigenvalue weighted by Crippen LogP contribution is 2.36. The van der Waals surface area contributed by atoms with Crippen molar-refractivity contribution in [3.05, 3.63) is 0 Å². The van der Waals surface area contributed by atoms with Crippen molar-refractivity contribution in [2.75, 3.05) is 33.7 Å². The van der Waals surface area contributed by atoms with E-state index in [1.54, 1.807) is 4.90 Å². The molecule has 0 spiro atoms. The number of aliphatic hydroxyl groups is 1. The molecule has 0 unspecified atom stereocenters. The molecule has 22 heavy (non-hydrogen) atoms. The van der Waals surface area contributed by atoms with Gasteiger partial charge in [-0.25, -0.2) is 4.79 Å². The fourth-order valence-corrected chi connectivity index (χ4v) is 2.74. The van der Waals surface area contributed by atoms with Crippen LogP contribution in [-0.2, 0) is 4.74 Å². The Morgan fingerprint density at radius 3 is 2.36 bits per heavy atom. The number of likely N-dealkylation sites (tertiary alicyclic amines) is 1. The van der Waals surface area contributed by atoms with Crippen LogP contribution >= 0.6 is 0 Å². The minimum atomic E-state index is -0.548. The number of nitrogens with zero attached hydrogens (tertiary/aromatic N) is 3. The minimum absolute atomic E-state index is 0.326. The summed E-state index contributed by atoms with van der Waals surface area (Å²) in [6, 6.07) is 2.37. The van der Waals surface area contributed by atoms with Crippen LogP contribution in [0.25, 0.3) is 0 Å². The molecule has 0 aromatic carbocycles. The summed E-state index contributed by atoms with van der Waals surface area (Å²) in [6.45, 7) is 7.05. The molecule has 1 rings (SSSR count). The summed E-state index contributed by atoms with van der Waals surface area (Å²) in [5.74, 6) is 0.